The van der Waals surface area contributed by atoms with Gasteiger partial charge < -0.3 is 14.6 Å². The van der Waals surface area contributed by atoms with Crippen LogP contribution in [0, 0.1) is 23.7 Å². The molecule has 4 aliphatic carbocycles. The van der Waals surface area contributed by atoms with E-state index >= 15 is 0 Å². The summed E-state index contributed by atoms with van der Waals surface area (Å²) in [5.74, 6) is 0.164. The molecule has 0 unspecified atom stereocenters. The van der Waals surface area contributed by atoms with Crippen LogP contribution >= 0.6 is 0 Å². The van der Waals surface area contributed by atoms with E-state index in [2.05, 4.69) is 6.58 Å². The summed E-state index contributed by atoms with van der Waals surface area (Å²) >= 11 is 0. The van der Waals surface area contributed by atoms with Crippen molar-refractivity contribution in [3.05, 3.63) is 12.2 Å². The Hall–Kier alpha value is -1.32. The number of carbonyl (C=O) groups is 2. The van der Waals surface area contributed by atoms with Crippen LogP contribution in [0.4, 0.5) is 0 Å². The monoisotopic (exact) mass is 277 g/mol. The predicted molar refractivity (Wildman–Crippen MR) is 70.3 cm³/mol. The molecule has 0 N–H and O–H groups in total. The van der Waals surface area contributed by atoms with Gasteiger partial charge in [-0.1, -0.05) is 6.58 Å². The van der Waals surface area contributed by atoms with Gasteiger partial charge in [-0.2, -0.15) is 0 Å². The van der Waals surface area contributed by atoms with E-state index in [9.17, 15) is 14.7 Å². The van der Waals surface area contributed by atoms with Gasteiger partial charge in [-0.15, -0.1) is 0 Å². The summed E-state index contributed by atoms with van der Waals surface area (Å²) in [6.07, 6.45) is 5.06. The highest BCUT2D eigenvalue weighted by Crippen LogP contribution is 2.60. The van der Waals surface area contributed by atoms with E-state index in [0.29, 0.717) is 17.4 Å². The van der Waals surface area contributed by atoms with Gasteiger partial charge in [0, 0.05) is 18.0 Å². The van der Waals surface area contributed by atoms with Gasteiger partial charge in [0.25, 0.3) is 0 Å². The number of ether oxygens (including phenoxy) is 1. The molecule has 0 heterocycles. The van der Waals surface area contributed by atoms with Gasteiger partial charge in [0.15, 0.2) is 0 Å². The van der Waals surface area contributed by atoms with Gasteiger partial charge in [-0.25, -0.2) is 4.79 Å². The van der Waals surface area contributed by atoms with Gasteiger partial charge in [0.2, 0.25) is 0 Å². The zero-order valence-corrected chi connectivity index (χ0v) is 11.9. The maximum Gasteiger partial charge on any atom is 0.333 e. The highest BCUT2D eigenvalue weighted by molar-refractivity contribution is 5.87. The third kappa shape index (κ3) is 2.05. The van der Waals surface area contributed by atoms with Crippen LogP contribution < -0.4 is 5.11 Å². The molecule has 4 aliphatic rings. The topological polar surface area (TPSA) is 66.4 Å². The van der Waals surface area contributed by atoms with Crippen LogP contribution in [0.25, 0.3) is 0 Å². The average molecular weight is 277 g/mol. The first-order valence-corrected chi connectivity index (χ1v) is 7.49. The molecule has 4 rings (SSSR count). The molecule has 0 atom stereocenters. The minimum atomic E-state index is -1.12. The Labute approximate surface area is 119 Å². The summed E-state index contributed by atoms with van der Waals surface area (Å²) < 4.78 is 5.73. The second-order valence-electron chi connectivity index (χ2n) is 6.98. The molecule has 4 saturated carbocycles. The predicted octanol–water partition coefficient (Wildman–Crippen LogP) is 1.44. The average Bonchev–Trinajstić information content (AvgIpc) is 2.33. The van der Waals surface area contributed by atoms with Crippen LogP contribution in [-0.2, 0) is 14.3 Å². The van der Waals surface area contributed by atoms with Crippen LogP contribution in [0.3, 0.4) is 0 Å². The molecule has 4 nitrogen and oxygen atoms in total. The van der Waals surface area contributed by atoms with Gasteiger partial charge >= 0.3 is 5.97 Å². The molecule has 0 aromatic heterocycles. The minimum absolute atomic E-state index is 0.166. The Morgan fingerprint density at radius 1 is 1.15 bits per heavy atom. The molecule has 0 aliphatic heterocycles. The Morgan fingerprint density at radius 3 is 2.05 bits per heavy atom. The van der Waals surface area contributed by atoms with Crippen molar-refractivity contribution in [2.45, 2.75) is 51.0 Å². The Bertz CT molecular complexity index is 437. The molecule has 0 aromatic rings. The number of carboxylic acids is 1. The standard InChI is InChI=1S/C16H22O4/c1-9(2)15(19)20-16(8-14(17)18)12-4-10-3-11(6-12)7-13(16)5-10/h10-13H,1,3-8H2,2H3,(H,17,18)/p-1. The molecular formula is C16H21O4-. The third-order valence-electron chi connectivity index (χ3n) is 5.57. The molecular weight excluding hydrogens is 256 g/mol. The van der Waals surface area contributed by atoms with E-state index in [0.717, 1.165) is 25.7 Å². The fourth-order valence-corrected chi connectivity index (χ4v) is 4.96. The third-order valence-corrected chi connectivity index (χ3v) is 5.57. The largest absolute Gasteiger partial charge is 0.550 e. The number of esters is 1. The lowest BCUT2D eigenvalue weighted by atomic mass is 9.49. The van der Waals surface area contributed by atoms with Crippen LogP contribution in [0.1, 0.15) is 45.4 Å². The number of carbonyl (C=O) groups excluding carboxylic acids is 2. The quantitative estimate of drug-likeness (QED) is 0.576. The lowest BCUT2D eigenvalue weighted by molar-refractivity contribution is -0.314. The lowest BCUT2D eigenvalue weighted by Crippen LogP contribution is -2.61. The summed E-state index contributed by atoms with van der Waals surface area (Å²) in [5, 5.41) is 11.2. The zero-order valence-electron chi connectivity index (χ0n) is 11.9. The summed E-state index contributed by atoms with van der Waals surface area (Å²) in [5.41, 5.74) is -0.515. The fourth-order valence-electron chi connectivity index (χ4n) is 4.96. The van der Waals surface area contributed by atoms with Crippen molar-refractivity contribution in [1.29, 1.82) is 0 Å². The van der Waals surface area contributed by atoms with Gasteiger partial charge in [-0.3, -0.25) is 0 Å². The molecule has 0 amide bonds. The molecule has 4 heteroatoms. The first-order valence-electron chi connectivity index (χ1n) is 7.49. The van der Waals surface area contributed by atoms with Crippen LogP contribution in [-0.4, -0.2) is 17.5 Å². The van der Waals surface area contributed by atoms with Crippen LogP contribution in [0.2, 0.25) is 0 Å². The van der Waals surface area contributed by atoms with Crippen molar-refractivity contribution in [2.24, 2.45) is 23.7 Å². The number of rotatable bonds is 4. The maximum absolute atomic E-state index is 12.0. The summed E-state index contributed by atoms with van der Waals surface area (Å²) in [6, 6.07) is 0. The van der Waals surface area contributed by atoms with E-state index in [1.807, 2.05) is 0 Å². The number of aliphatic carboxylic acids is 1. The van der Waals surface area contributed by atoms with E-state index in [4.69, 9.17) is 4.74 Å². The first-order chi connectivity index (χ1) is 9.40. The van der Waals surface area contributed by atoms with Crippen molar-refractivity contribution in [2.75, 3.05) is 0 Å². The fraction of sp³-hybridized carbons (Fsp3) is 0.750. The first kappa shape index (κ1) is 13.7. The molecule has 0 spiro atoms. The normalized spacial score (nSPS) is 41.5. The van der Waals surface area contributed by atoms with Crippen molar-refractivity contribution < 1.29 is 19.4 Å². The summed E-state index contributed by atoms with van der Waals surface area (Å²) in [6.45, 7) is 5.21. The van der Waals surface area contributed by atoms with Gasteiger partial charge in [0.1, 0.15) is 5.60 Å². The maximum atomic E-state index is 12.0. The molecule has 20 heavy (non-hydrogen) atoms. The number of carboxylic acid groups (broad SMARTS) is 1. The smallest absolute Gasteiger partial charge is 0.333 e. The van der Waals surface area contributed by atoms with Crippen LogP contribution in [0.5, 0.6) is 0 Å². The van der Waals surface area contributed by atoms with E-state index < -0.39 is 17.5 Å². The van der Waals surface area contributed by atoms with Crippen molar-refractivity contribution >= 4 is 11.9 Å². The second kappa shape index (κ2) is 4.61. The lowest BCUT2D eigenvalue weighted by Gasteiger charge is -2.60. The molecule has 110 valence electrons. The minimum Gasteiger partial charge on any atom is -0.550 e. The molecule has 0 radical (unpaired) electrons. The number of hydrogen-bond donors (Lipinski definition) is 0. The summed E-state index contributed by atoms with van der Waals surface area (Å²) in [4.78, 5) is 23.2. The summed E-state index contributed by atoms with van der Waals surface area (Å²) in [7, 11) is 0. The SMILES string of the molecule is C=C(C)C(=O)OC1(CC(=O)[O-])C2CC3CC(C2)CC1C3. The van der Waals surface area contributed by atoms with E-state index in [-0.39, 0.29) is 18.3 Å². The molecule has 0 aromatic carbocycles. The van der Waals surface area contributed by atoms with Crippen LogP contribution in [0.15, 0.2) is 12.2 Å². The second-order valence-corrected chi connectivity index (χ2v) is 6.98. The van der Waals surface area contributed by atoms with Crippen molar-refractivity contribution in [3.8, 4) is 0 Å². The Balaban J connectivity index is 1.91. The molecule has 0 saturated heterocycles. The highest BCUT2D eigenvalue weighted by Gasteiger charge is 2.59. The Morgan fingerprint density at radius 2 is 1.65 bits per heavy atom. The van der Waals surface area contributed by atoms with E-state index in [1.165, 1.54) is 6.42 Å². The van der Waals surface area contributed by atoms with Gasteiger partial charge in [0.05, 0.1) is 0 Å². The number of hydrogen-bond acceptors (Lipinski definition) is 4. The highest BCUT2D eigenvalue weighted by atomic mass is 16.6. The Kier molecular flexibility index (Phi) is 3.14. The van der Waals surface area contributed by atoms with E-state index in [1.54, 1.807) is 6.92 Å². The molecule has 4 bridgehead atoms. The zero-order chi connectivity index (χ0) is 14.5. The van der Waals surface area contributed by atoms with Crippen molar-refractivity contribution in [1.82, 2.24) is 0 Å². The van der Waals surface area contributed by atoms with Gasteiger partial charge in [-0.05, 0) is 62.7 Å². The van der Waals surface area contributed by atoms with Crippen molar-refractivity contribution in [3.63, 3.8) is 0 Å². The molecule has 4 fully saturated rings.